The van der Waals surface area contributed by atoms with Crippen LogP contribution in [-0.4, -0.2) is 31.7 Å². The maximum Gasteiger partial charge on any atom is 0.180 e. The summed E-state index contributed by atoms with van der Waals surface area (Å²) in [5.41, 5.74) is 2.20. The molecule has 0 aliphatic carbocycles. The van der Waals surface area contributed by atoms with Gasteiger partial charge in [0.05, 0.1) is 21.9 Å². The fourth-order valence-electron chi connectivity index (χ4n) is 2.15. The van der Waals surface area contributed by atoms with Crippen molar-refractivity contribution in [3.05, 3.63) is 53.2 Å². The van der Waals surface area contributed by atoms with E-state index in [1.165, 1.54) is 0 Å². The zero-order valence-electron chi connectivity index (χ0n) is 13.3. The summed E-state index contributed by atoms with van der Waals surface area (Å²) in [7, 11) is 0. The highest BCUT2D eigenvalue weighted by Gasteiger charge is 2.11. The smallest absolute Gasteiger partial charge is 0.180 e. The number of anilines is 1. The Kier molecular flexibility index (Phi) is 5.51. The van der Waals surface area contributed by atoms with Gasteiger partial charge in [-0.15, -0.1) is 6.58 Å². The summed E-state index contributed by atoms with van der Waals surface area (Å²) in [5.74, 6) is 0.364. The van der Waals surface area contributed by atoms with E-state index in [1.807, 2.05) is 0 Å². The number of thiocarbonyl (C=S) groups is 1. The monoisotopic (exact) mass is 405 g/mol. The summed E-state index contributed by atoms with van der Waals surface area (Å²) in [5, 5.41) is 16.3. The number of halogens is 2. The van der Waals surface area contributed by atoms with E-state index in [9.17, 15) is 5.11 Å². The largest absolute Gasteiger partial charge is 0.505 e. The molecular weight excluding hydrogens is 393 g/mol. The molecular formula is C17H13Cl2N5OS. The number of benzene rings is 1. The lowest BCUT2D eigenvalue weighted by atomic mass is 10.1. The minimum atomic E-state index is -0.170. The van der Waals surface area contributed by atoms with Crippen LogP contribution in [-0.2, 0) is 0 Å². The Morgan fingerprint density at radius 3 is 2.65 bits per heavy atom. The SMILES string of the molecule is C=CCNC(=S)Nc1ccc2ncc(-c3cc(Cl)c(O)c(Cl)c3)nc2n1. The van der Waals surface area contributed by atoms with E-state index in [2.05, 4.69) is 32.2 Å². The van der Waals surface area contributed by atoms with E-state index < -0.39 is 0 Å². The van der Waals surface area contributed by atoms with Crippen LogP contribution < -0.4 is 10.6 Å². The number of aromatic nitrogens is 3. The molecule has 0 radical (unpaired) electrons. The van der Waals surface area contributed by atoms with Crippen molar-refractivity contribution in [3.63, 3.8) is 0 Å². The number of rotatable bonds is 4. The Balaban J connectivity index is 1.94. The minimum absolute atomic E-state index is 0.136. The standard InChI is InChI=1S/C17H13Cl2N5OS/c1-2-5-20-17(26)24-14-4-3-12-16(23-14)22-13(8-21-12)9-6-10(18)15(25)11(19)7-9/h2-4,6-8,25H,1,5H2,(H2,20,22,23,24,26). The first-order chi connectivity index (χ1) is 12.5. The molecule has 2 heterocycles. The summed E-state index contributed by atoms with van der Waals surface area (Å²) in [6.45, 7) is 4.17. The van der Waals surface area contributed by atoms with Crippen LogP contribution in [0.5, 0.6) is 5.75 Å². The number of nitrogens with zero attached hydrogens (tertiary/aromatic N) is 3. The highest BCUT2D eigenvalue weighted by Crippen LogP contribution is 2.35. The highest BCUT2D eigenvalue weighted by atomic mass is 35.5. The van der Waals surface area contributed by atoms with Gasteiger partial charge in [0.15, 0.2) is 16.5 Å². The molecule has 0 saturated carbocycles. The van der Waals surface area contributed by atoms with Crippen molar-refractivity contribution in [1.29, 1.82) is 0 Å². The number of nitrogens with one attached hydrogen (secondary N) is 2. The van der Waals surface area contributed by atoms with Crippen LogP contribution in [0.3, 0.4) is 0 Å². The van der Waals surface area contributed by atoms with Crippen LogP contribution in [0.2, 0.25) is 10.0 Å². The first-order valence-corrected chi connectivity index (χ1v) is 8.62. The summed E-state index contributed by atoms with van der Waals surface area (Å²) >= 11 is 17.1. The van der Waals surface area contributed by atoms with E-state index in [-0.39, 0.29) is 15.8 Å². The Hall–Kier alpha value is -2.48. The Morgan fingerprint density at radius 2 is 1.96 bits per heavy atom. The van der Waals surface area contributed by atoms with Crippen molar-refractivity contribution in [3.8, 4) is 17.0 Å². The van der Waals surface area contributed by atoms with Crippen molar-refractivity contribution in [2.75, 3.05) is 11.9 Å². The zero-order chi connectivity index (χ0) is 18.7. The van der Waals surface area contributed by atoms with Gasteiger partial charge in [-0.1, -0.05) is 29.3 Å². The van der Waals surface area contributed by atoms with Crippen molar-refractivity contribution in [1.82, 2.24) is 20.3 Å². The third-order valence-electron chi connectivity index (χ3n) is 3.37. The Labute approximate surface area is 164 Å². The third kappa shape index (κ3) is 4.01. The van der Waals surface area contributed by atoms with Gasteiger partial charge in [-0.25, -0.2) is 9.97 Å². The lowest BCUT2D eigenvalue weighted by Gasteiger charge is -2.09. The lowest BCUT2D eigenvalue weighted by Crippen LogP contribution is -2.28. The summed E-state index contributed by atoms with van der Waals surface area (Å²) in [6.07, 6.45) is 3.29. The maximum absolute atomic E-state index is 9.69. The average Bonchev–Trinajstić information content (AvgIpc) is 2.63. The van der Waals surface area contributed by atoms with Crippen molar-refractivity contribution < 1.29 is 5.11 Å². The van der Waals surface area contributed by atoms with E-state index >= 15 is 0 Å². The number of phenols is 1. The van der Waals surface area contributed by atoms with Crippen LogP contribution >= 0.6 is 35.4 Å². The normalized spacial score (nSPS) is 10.5. The van der Waals surface area contributed by atoms with Crippen molar-refractivity contribution >= 4 is 57.5 Å². The van der Waals surface area contributed by atoms with Crippen LogP contribution in [0.25, 0.3) is 22.4 Å². The molecule has 0 amide bonds. The van der Waals surface area contributed by atoms with Gasteiger partial charge in [-0.2, -0.15) is 0 Å². The molecule has 2 aromatic heterocycles. The third-order valence-corrected chi connectivity index (χ3v) is 4.19. The molecule has 0 saturated heterocycles. The lowest BCUT2D eigenvalue weighted by molar-refractivity contribution is 0.476. The molecule has 0 fully saturated rings. The molecule has 9 heteroatoms. The van der Waals surface area contributed by atoms with E-state index in [0.717, 1.165) is 0 Å². The second kappa shape index (κ2) is 7.82. The molecule has 0 unspecified atom stereocenters. The molecule has 0 aliphatic rings. The minimum Gasteiger partial charge on any atom is -0.505 e. The number of pyridine rings is 1. The van der Waals surface area contributed by atoms with Crippen LogP contribution in [0.1, 0.15) is 0 Å². The molecule has 1 aromatic carbocycles. The zero-order valence-corrected chi connectivity index (χ0v) is 15.7. The highest BCUT2D eigenvalue weighted by molar-refractivity contribution is 7.80. The predicted molar refractivity (Wildman–Crippen MR) is 109 cm³/mol. The van der Waals surface area contributed by atoms with E-state index in [0.29, 0.717) is 39.9 Å². The molecule has 3 rings (SSSR count). The quantitative estimate of drug-likeness (QED) is 0.443. The second-order valence-corrected chi connectivity index (χ2v) is 6.43. The first-order valence-electron chi connectivity index (χ1n) is 7.46. The number of hydrogen-bond donors (Lipinski definition) is 3. The first kappa shape index (κ1) is 18.3. The molecule has 0 bridgehead atoms. The molecule has 6 nitrogen and oxygen atoms in total. The van der Waals surface area contributed by atoms with Crippen LogP contribution in [0, 0.1) is 0 Å². The van der Waals surface area contributed by atoms with E-state index in [4.69, 9.17) is 35.4 Å². The van der Waals surface area contributed by atoms with Gasteiger partial charge < -0.3 is 15.7 Å². The van der Waals surface area contributed by atoms with Crippen LogP contribution in [0.15, 0.2) is 43.1 Å². The van der Waals surface area contributed by atoms with Gasteiger partial charge in [0.2, 0.25) is 0 Å². The summed E-state index contributed by atoms with van der Waals surface area (Å²) in [6, 6.07) is 6.67. The Morgan fingerprint density at radius 1 is 1.23 bits per heavy atom. The predicted octanol–water partition coefficient (Wildman–Crippen LogP) is 4.18. The fourth-order valence-corrected chi connectivity index (χ4v) is 2.82. The molecule has 0 atom stereocenters. The summed E-state index contributed by atoms with van der Waals surface area (Å²) in [4.78, 5) is 13.3. The van der Waals surface area contributed by atoms with E-state index in [1.54, 1.807) is 36.5 Å². The summed E-state index contributed by atoms with van der Waals surface area (Å²) < 4.78 is 0. The van der Waals surface area contributed by atoms with Gasteiger partial charge in [0.25, 0.3) is 0 Å². The average molecular weight is 406 g/mol. The topological polar surface area (TPSA) is 83.0 Å². The maximum atomic E-state index is 9.69. The second-order valence-electron chi connectivity index (χ2n) is 5.21. The van der Waals surface area contributed by atoms with Crippen molar-refractivity contribution in [2.45, 2.75) is 0 Å². The molecule has 132 valence electrons. The number of aromatic hydroxyl groups is 1. The molecule has 3 N–H and O–H groups in total. The molecule has 0 aliphatic heterocycles. The number of phenolic OH excluding ortho intramolecular Hbond substituents is 1. The van der Waals surface area contributed by atoms with Gasteiger partial charge in [-0.05, 0) is 36.5 Å². The van der Waals surface area contributed by atoms with Crippen molar-refractivity contribution in [2.24, 2.45) is 0 Å². The van der Waals surface area contributed by atoms with Gasteiger partial charge in [0, 0.05) is 12.1 Å². The Bertz CT molecular complexity index is 989. The fraction of sp³-hybridized carbons (Fsp3) is 0.0588. The van der Waals surface area contributed by atoms with Crippen LogP contribution in [0.4, 0.5) is 5.82 Å². The molecule has 26 heavy (non-hydrogen) atoms. The van der Waals surface area contributed by atoms with Gasteiger partial charge in [-0.3, -0.25) is 4.98 Å². The number of fused-ring (bicyclic) bond motifs is 1. The van der Waals surface area contributed by atoms with Gasteiger partial charge >= 0.3 is 0 Å². The number of hydrogen-bond acceptors (Lipinski definition) is 5. The molecule has 3 aromatic rings. The molecule has 0 spiro atoms. The van der Waals surface area contributed by atoms with Gasteiger partial charge in [0.1, 0.15) is 11.3 Å².